The van der Waals surface area contributed by atoms with Crippen LogP contribution in [-0.2, 0) is 20.8 Å². The second-order valence-corrected chi connectivity index (χ2v) is 9.55. The van der Waals surface area contributed by atoms with Crippen molar-refractivity contribution in [1.29, 1.82) is 0 Å². The van der Waals surface area contributed by atoms with E-state index in [-0.39, 0.29) is 23.6 Å². The number of carbonyl (C=O) groups excluding carboxylic acids is 2. The zero-order chi connectivity index (χ0) is 22.8. The van der Waals surface area contributed by atoms with Crippen molar-refractivity contribution in [2.75, 3.05) is 26.4 Å². The normalized spacial score (nSPS) is 16.9. The van der Waals surface area contributed by atoms with Crippen LogP contribution in [0.25, 0.3) is 10.9 Å². The van der Waals surface area contributed by atoms with Gasteiger partial charge in [0.15, 0.2) is 0 Å². The number of esters is 1. The van der Waals surface area contributed by atoms with Gasteiger partial charge in [-0.15, -0.1) is 0 Å². The second-order valence-electron chi connectivity index (χ2n) is 8.31. The molecule has 1 saturated heterocycles. The molecule has 0 aliphatic carbocycles. The van der Waals surface area contributed by atoms with Crippen molar-refractivity contribution in [3.8, 4) is 0 Å². The summed E-state index contributed by atoms with van der Waals surface area (Å²) in [5, 5.41) is 0.429. The Kier molecular flexibility index (Phi) is 7.25. The van der Waals surface area contributed by atoms with Gasteiger partial charge in [0.25, 0.3) is 0 Å². The first-order chi connectivity index (χ1) is 14.6. The van der Waals surface area contributed by atoms with E-state index in [1.807, 2.05) is 37.5 Å². The summed E-state index contributed by atoms with van der Waals surface area (Å²) in [6.07, 6.45) is 1.10. The summed E-state index contributed by atoms with van der Waals surface area (Å²) in [5.41, 5.74) is -0.338. The third-order valence-corrected chi connectivity index (χ3v) is 5.47. The second kappa shape index (κ2) is 9.56. The van der Waals surface area contributed by atoms with Crippen molar-refractivity contribution in [2.45, 2.75) is 45.9 Å². The van der Waals surface area contributed by atoms with Crippen LogP contribution >= 0.6 is 22.6 Å². The number of ether oxygens (including phenoxy) is 3. The van der Waals surface area contributed by atoms with Gasteiger partial charge in [0, 0.05) is 28.2 Å². The zero-order valence-corrected chi connectivity index (χ0v) is 20.3. The number of fused-ring (bicyclic) bond motifs is 1. The number of carbonyl (C=O) groups is 2. The average molecular weight is 542 g/mol. The van der Waals surface area contributed by atoms with Crippen molar-refractivity contribution in [2.24, 2.45) is 0 Å². The number of amides is 1. The lowest BCUT2D eigenvalue weighted by atomic mass is 10.1. The SMILES string of the molecule is CCOC(=O)c1cn(C[C@@H]2COCCN2C(=O)OC(C)(C)C)c2ccc(I)cc2c1=O. The number of halogens is 1. The van der Waals surface area contributed by atoms with Crippen LogP contribution in [0.2, 0.25) is 0 Å². The van der Waals surface area contributed by atoms with E-state index in [1.165, 1.54) is 6.20 Å². The third kappa shape index (κ3) is 5.57. The first-order valence-corrected chi connectivity index (χ1v) is 11.3. The number of aromatic nitrogens is 1. The molecule has 1 atom stereocenters. The molecule has 8 nitrogen and oxygen atoms in total. The Morgan fingerprint density at radius 2 is 2.03 bits per heavy atom. The Hall–Kier alpha value is -2.14. The lowest BCUT2D eigenvalue weighted by Gasteiger charge is -2.37. The van der Waals surface area contributed by atoms with Gasteiger partial charge in [-0.2, -0.15) is 0 Å². The maximum absolute atomic E-state index is 12.9. The van der Waals surface area contributed by atoms with E-state index in [0.717, 1.165) is 3.57 Å². The third-order valence-electron chi connectivity index (χ3n) is 4.80. The van der Waals surface area contributed by atoms with Crippen LogP contribution in [-0.4, -0.2) is 59.5 Å². The van der Waals surface area contributed by atoms with Crippen LogP contribution in [0, 0.1) is 3.57 Å². The van der Waals surface area contributed by atoms with Crippen LogP contribution in [0.4, 0.5) is 4.79 Å². The molecule has 0 N–H and O–H groups in total. The molecule has 1 aliphatic heterocycles. The van der Waals surface area contributed by atoms with Crippen molar-refractivity contribution in [1.82, 2.24) is 9.47 Å². The molecule has 168 valence electrons. The lowest BCUT2D eigenvalue weighted by Crippen LogP contribution is -2.52. The summed E-state index contributed by atoms with van der Waals surface area (Å²) < 4.78 is 19.0. The van der Waals surface area contributed by atoms with Gasteiger partial charge < -0.3 is 18.8 Å². The van der Waals surface area contributed by atoms with Crippen molar-refractivity contribution < 1.29 is 23.8 Å². The molecule has 0 bridgehead atoms. The van der Waals surface area contributed by atoms with E-state index in [1.54, 1.807) is 17.9 Å². The Labute approximate surface area is 194 Å². The average Bonchev–Trinajstić information content (AvgIpc) is 2.69. The molecule has 0 spiro atoms. The number of nitrogens with zero attached hydrogens (tertiary/aromatic N) is 2. The highest BCUT2D eigenvalue weighted by molar-refractivity contribution is 14.1. The fraction of sp³-hybridized carbons (Fsp3) is 0.500. The van der Waals surface area contributed by atoms with Crippen molar-refractivity contribution >= 4 is 45.6 Å². The molecule has 0 radical (unpaired) electrons. The number of pyridine rings is 1. The number of hydrogen-bond acceptors (Lipinski definition) is 6. The van der Waals surface area contributed by atoms with Gasteiger partial charge in [0.05, 0.1) is 31.4 Å². The highest BCUT2D eigenvalue weighted by atomic mass is 127. The monoisotopic (exact) mass is 542 g/mol. The standard InChI is InChI=1S/C22H27IN2O6/c1-5-30-20(27)17-12-24(18-7-6-14(23)10-16(18)19(17)26)11-15-13-29-9-8-25(15)21(28)31-22(2,3)4/h6-7,10,12,15H,5,8-9,11,13H2,1-4H3/t15-/m1/s1. The zero-order valence-electron chi connectivity index (χ0n) is 18.1. The van der Waals surface area contributed by atoms with E-state index < -0.39 is 17.7 Å². The van der Waals surface area contributed by atoms with E-state index in [2.05, 4.69) is 22.6 Å². The van der Waals surface area contributed by atoms with Gasteiger partial charge in [-0.05, 0) is 68.5 Å². The Morgan fingerprint density at radius 3 is 2.71 bits per heavy atom. The molecule has 0 saturated carbocycles. The quantitative estimate of drug-likeness (QED) is 0.435. The molecule has 9 heteroatoms. The van der Waals surface area contributed by atoms with Gasteiger partial charge in [-0.1, -0.05) is 0 Å². The summed E-state index contributed by atoms with van der Waals surface area (Å²) in [6, 6.07) is 5.17. The Balaban J connectivity index is 2.02. The van der Waals surface area contributed by atoms with E-state index in [4.69, 9.17) is 14.2 Å². The highest BCUT2D eigenvalue weighted by Gasteiger charge is 2.32. The molecular weight excluding hydrogens is 515 g/mol. The minimum atomic E-state index is -0.661. The van der Waals surface area contributed by atoms with Crippen LogP contribution in [0.3, 0.4) is 0 Å². The minimum absolute atomic E-state index is 0.0307. The van der Waals surface area contributed by atoms with Crippen LogP contribution in [0.5, 0.6) is 0 Å². The predicted molar refractivity (Wildman–Crippen MR) is 124 cm³/mol. The Morgan fingerprint density at radius 1 is 1.29 bits per heavy atom. The number of rotatable bonds is 4. The summed E-state index contributed by atoms with van der Waals surface area (Å²) >= 11 is 2.13. The Bertz CT molecular complexity index is 1040. The molecule has 2 aromatic rings. The molecule has 0 unspecified atom stereocenters. The van der Waals surface area contributed by atoms with Crippen molar-refractivity contribution in [3.63, 3.8) is 0 Å². The van der Waals surface area contributed by atoms with E-state index in [9.17, 15) is 14.4 Å². The molecule has 2 heterocycles. The predicted octanol–water partition coefficient (Wildman–Crippen LogP) is 3.42. The van der Waals surface area contributed by atoms with Gasteiger partial charge in [-0.3, -0.25) is 9.69 Å². The maximum atomic E-state index is 12.9. The van der Waals surface area contributed by atoms with Crippen LogP contribution < -0.4 is 5.43 Å². The highest BCUT2D eigenvalue weighted by Crippen LogP contribution is 2.20. The fourth-order valence-electron chi connectivity index (χ4n) is 3.47. The van der Waals surface area contributed by atoms with E-state index >= 15 is 0 Å². The summed E-state index contributed by atoms with van der Waals surface area (Å²) in [7, 11) is 0. The number of benzene rings is 1. The number of hydrogen-bond donors (Lipinski definition) is 0. The van der Waals surface area contributed by atoms with Gasteiger partial charge in [0.1, 0.15) is 11.2 Å². The number of morpholine rings is 1. The van der Waals surface area contributed by atoms with Gasteiger partial charge in [0.2, 0.25) is 5.43 Å². The smallest absolute Gasteiger partial charge is 0.410 e. The first-order valence-electron chi connectivity index (χ1n) is 10.2. The first kappa shape index (κ1) is 23.5. The molecule has 3 rings (SSSR count). The molecule has 1 aliphatic rings. The summed E-state index contributed by atoms with van der Waals surface area (Å²) in [5.74, 6) is -0.661. The fourth-order valence-corrected chi connectivity index (χ4v) is 3.96. The molecule has 1 amide bonds. The topological polar surface area (TPSA) is 87.1 Å². The lowest BCUT2D eigenvalue weighted by molar-refractivity contribution is -0.0356. The minimum Gasteiger partial charge on any atom is -0.462 e. The van der Waals surface area contributed by atoms with Crippen molar-refractivity contribution in [3.05, 3.63) is 43.8 Å². The van der Waals surface area contributed by atoms with E-state index in [0.29, 0.717) is 37.2 Å². The largest absolute Gasteiger partial charge is 0.462 e. The van der Waals surface area contributed by atoms with Gasteiger partial charge >= 0.3 is 12.1 Å². The molecular formula is C22H27IN2O6. The summed E-state index contributed by atoms with van der Waals surface area (Å²) in [6.45, 7) is 8.82. The molecule has 1 aromatic heterocycles. The molecule has 1 fully saturated rings. The van der Waals surface area contributed by atoms with Crippen LogP contribution in [0.15, 0.2) is 29.2 Å². The molecule has 1 aromatic carbocycles. The maximum Gasteiger partial charge on any atom is 0.410 e. The molecule has 31 heavy (non-hydrogen) atoms. The van der Waals surface area contributed by atoms with Gasteiger partial charge in [-0.25, -0.2) is 9.59 Å². The van der Waals surface area contributed by atoms with Crippen LogP contribution in [0.1, 0.15) is 38.1 Å². The summed E-state index contributed by atoms with van der Waals surface area (Å²) in [4.78, 5) is 39.8.